The van der Waals surface area contributed by atoms with E-state index in [1.54, 1.807) is 0 Å². The summed E-state index contributed by atoms with van der Waals surface area (Å²) in [6.45, 7) is 21.2. The van der Waals surface area contributed by atoms with Crippen LogP contribution in [-0.2, 0) is 5.41 Å². The van der Waals surface area contributed by atoms with Gasteiger partial charge in [-0.1, -0.05) is 83.1 Å². The molecule has 0 radical (unpaired) electrons. The first-order chi connectivity index (χ1) is 11.3. The third kappa shape index (κ3) is 3.51. The van der Waals surface area contributed by atoms with E-state index in [2.05, 4.69) is 85.8 Å². The van der Waals surface area contributed by atoms with Crippen molar-refractivity contribution >= 4 is 13.3 Å². The van der Waals surface area contributed by atoms with E-state index in [9.17, 15) is 0 Å². The van der Waals surface area contributed by atoms with E-state index in [1.165, 1.54) is 27.5 Å². The molecule has 1 aliphatic rings. The molecule has 0 spiro atoms. The first-order valence-corrected chi connectivity index (χ1v) is 12.4. The molecule has 25 heavy (non-hydrogen) atoms. The van der Waals surface area contributed by atoms with Gasteiger partial charge in [-0.3, -0.25) is 0 Å². The molecule has 0 aliphatic heterocycles. The predicted molar refractivity (Wildman–Crippen MR) is 114 cm³/mol. The Kier molecular flexibility index (Phi) is 5.18. The van der Waals surface area contributed by atoms with E-state index in [0.29, 0.717) is 0 Å². The highest BCUT2D eigenvalue weighted by Crippen LogP contribution is 2.43. The first-order valence-electron chi connectivity index (χ1n) is 9.39. The molecule has 1 aliphatic carbocycles. The van der Waals surface area contributed by atoms with Gasteiger partial charge in [-0.2, -0.15) is 0 Å². The summed E-state index contributed by atoms with van der Waals surface area (Å²) in [6, 6.07) is 4.71. The lowest BCUT2D eigenvalue weighted by Gasteiger charge is -2.40. The Morgan fingerprint density at radius 3 is 2.04 bits per heavy atom. The summed E-state index contributed by atoms with van der Waals surface area (Å²) in [7, 11) is 0.137. The minimum Gasteiger partial charge on any atom is -0.497 e. The molecule has 0 heterocycles. The van der Waals surface area contributed by atoms with Crippen LogP contribution >= 0.6 is 0 Å². The van der Waals surface area contributed by atoms with Gasteiger partial charge < -0.3 is 4.74 Å². The molecule has 0 amide bonds. The fourth-order valence-electron chi connectivity index (χ4n) is 3.57. The SMILES string of the molecule is COc1c(C(C)(C)C2=CCC(C)=C2)cc(C)cc1[Si](C)(C)C(C)(C)C. The zero-order chi connectivity index (χ0) is 19.2. The number of allylic oxidation sites excluding steroid dienone is 4. The molecule has 2 rings (SSSR count). The van der Waals surface area contributed by atoms with E-state index in [-0.39, 0.29) is 10.5 Å². The lowest BCUT2D eigenvalue weighted by Crippen LogP contribution is -2.50. The van der Waals surface area contributed by atoms with Gasteiger partial charge in [-0.15, -0.1) is 0 Å². The third-order valence-corrected chi connectivity index (χ3v) is 11.9. The molecule has 138 valence electrons. The van der Waals surface area contributed by atoms with Crippen LogP contribution < -0.4 is 9.92 Å². The average Bonchev–Trinajstić information content (AvgIpc) is 2.92. The molecular weight excluding hydrogens is 320 g/mol. The normalized spacial score (nSPS) is 15.9. The molecule has 1 aromatic rings. The maximum atomic E-state index is 6.07. The third-order valence-electron chi connectivity index (χ3n) is 6.43. The largest absolute Gasteiger partial charge is 0.497 e. The molecule has 2 heteroatoms. The Labute approximate surface area is 156 Å². The van der Waals surface area contributed by atoms with Crippen LogP contribution in [0, 0.1) is 6.92 Å². The fourth-order valence-corrected chi connectivity index (χ4v) is 5.77. The van der Waals surface area contributed by atoms with Crippen LogP contribution in [0.15, 0.2) is 35.4 Å². The van der Waals surface area contributed by atoms with Crippen molar-refractivity contribution in [1.29, 1.82) is 0 Å². The second-order valence-corrected chi connectivity index (χ2v) is 15.0. The van der Waals surface area contributed by atoms with E-state index in [0.717, 1.165) is 12.2 Å². The van der Waals surface area contributed by atoms with E-state index in [4.69, 9.17) is 4.74 Å². The van der Waals surface area contributed by atoms with Crippen molar-refractivity contribution in [3.05, 3.63) is 46.6 Å². The Bertz CT molecular complexity index is 727. The monoisotopic (exact) mass is 356 g/mol. The summed E-state index contributed by atoms with van der Waals surface area (Å²) in [5.41, 5.74) is 5.47. The fraction of sp³-hybridized carbons (Fsp3) is 0.565. The van der Waals surface area contributed by atoms with Crippen LogP contribution in [0.25, 0.3) is 0 Å². The Morgan fingerprint density at radius 2 is 1.60 bits per heavy atom. The van der Waals surface area contributed by atoms with E-state index in [1.807, 2.05) is 7.11 Å². The van der Waals surface area contributed by atoms with Gasteiger partial charge in [0.05, 0.1) is 15.2 Å². The van der Waals surface area contributed by atoms with Crippen molar-refractivity contribution in [3.63, 3.8) is 0 Å². The van der Waals surface area contributed by atoms with Gasteiger partial charge in [0.1, 0.15) is 5.75 Å². The number of ether oxygens (including phenoxy) is 1. The summed E-state index contributed by atoms with van der Waals surface area (Å²) in [5.74, 6) is 1.11. The van der Waals surface area contributed by atoms with Crippen molar-refractivity contribution in [2.24, 2.45) is 0 Å². The molecule has 0 fully saturated rings. The summed E-state index contributed by atoms with van der Waals surface area (Å²) >= 11 is 0. The number of methoxy groups -OCH3 is 1. The quantitative estimate of drug-likeness (QED) is 0.577. The number of hydrogen-bond acceptors (Lipinski definition) is 1. The molecule has 0 aromatic heterocycles. The smallest absolute Gasteiger partial charge is 0.122 e. The second-order valence-electron chi connectivity index (χ2n) is 9.75. The topological polar surface area (TPSA) is 9.23 Å². The van der Waals surface area contributed by atoms with Crippen LogP contribution in [-0.4, -0.2) is 15.2 Å². The van der Waals surface area contributed by atoms with Gasteiger partial charge in [-0.25, -0.2) is 0 Å². The van der Waals surface area contributed by atoms with Crippen LogP contribution in [0.1, 0.15) is 59.1 Å². The van der Waals surface area contributed by atoms with Gasteiger partial charge >= 0.3 is 0 Å². The van der Waals surface area contributed by atoms with Crippen molar-refractivity contribution in [3.8, 4) is 5.75 Å². The Morgan fingerprint density at radius 1 is 1.00 bits per heavy atom. The zero-order valence-electron chi connectivity index (χ0n) is 17.9. The van der Waals surface area contributed by atoms with Gasteiger partial charge in [0.25, 0.3) is 0 Å². The van der Waals surface area contributed by atoms with Crippen LogP contribution in [0.4, 0.5) is 0 Å². The highest BCUT2D eigenvalue weighted by Gasteiger charge is 2.41. The first kappa shape index (κ1) is 20.0. The van der Waals surface area contributed by atoms with Gasteiger partial charge in [-0.05, 0) is 36.1 Å². The summed E-state index contributed by atoms with van der Waals surface area (Å²) < 4.78 is 6.07. The molecule has 0 atom stereocenters. The molecule has 0 N–H and O–H groups in total. The Hall–Kier alpha value is -1.28. The number of benzene rings is 1. The van der Waals surface area contributed by atoms with Gasteiger partial charge in [0, 0.05) is 11.0 Å². The van der Waals surface area contributed by atoms with Crippen molar-refractivity contribution in [2.75, 3.05) is 7.11 Å². The highest BCUT2D eigenvalue weighted by atomic mass is 28.3. The molecule has 0 bridgehead atoms. The van der Waals surface area contributed by atoms with Crippen LogP contribution in [0.5, 0.6) is 5.75 Å². The molecule has 1 aromatic carbocycles. The molecule has 1 nitrogen and oxygen atoms in total. The number of hydrogen-bond donors (Lipinski definition) is 0. The standard InChI is InChI=1S/C23H36OSi/c1-16-11-12-18(13-16)23(6,7)19-14-17(2)15-20(21(19)24-8)25(9,10)22(3,4)5/h12-15H,11H2,1-10H3. The molecular formula is C23H36OSi. The predicted octanol–water partition coefficient (Wildman–Crippen LogP) is 6.27. The van der Waals surface area contributed by atoms with E-state index < -0.39 is 8.07 Å². The number of aryl methyl sites for hydroxylation is 1. The van der Waals surface area contributed by atoms with Crippen molar-refractivity contribution in [1.82, 2.24) is 0 Å². The minimum atomic E-state index is -1.70. The second kappa shape index (κ2) is 6.46. The van der Waals surface area contributed by atoms with Crippen LogP contribution in [0.2, 0.25) is 18.1 Å². The Balaban J connectivity index is 2.73. The number of rotatable bonds is 4. The lowest BCUT2D eigenvalue weighted by atomic mass is 9.77. The van der Waals surface area contributed by atoms with E-state index >= 15 is 0 Å². The maximum Gasteiger partial charge on any atom is 0.122 e. The highest BCUT2D eigenvalue weighted by molar-refractivity contribution is 6.92. The van der Waals surface area contributed by atoms with Crippen molar-refractivity contribution in [2.45, 2.75) is 78.4 Å². The summed E-state index contributed by atoms with van der Waals surface area (Å²) in [6.07, 6.45) is 5.80. The minimum absolute atomic E-state index is 0.0494. The lowest BCUT2D eigenvalue weighted by molar-refractivity contribution is 0.403. The summed E-state index contributed by atoms with van der Waals surface area (Å²) in [5, 5.41) is 1.73. The van der Waals surface area contributed by atoms with Gasteiger partial charge in [0.15, 0.2) is 0 Å². The van der Waals surface area contributed by atoms with Crippen LogP contribution in [0.3, 0.4) is 0 Å². The zero-order valence-corrected chi connectivity index (χ0v) is 18.9. The molecule has 0 saturated carbocycles. The average molecular weight is 357 g/mol. The maximum absolute atomic E-state index is 6.07. The van der Waals surface area contributed by atoms with Gasteiger partial charge in [0.2, 0.25) is 0 Å². The molecule has 0 unspecified atom stereocenters. The van der Waals surface area contributed by atoms with Crippen molar-refractivity contribution < 1.29 is 4.74 Å². The molecule has 0 saturated heterocycles. The summed E-state index contributed by atoms with van der Waals surface area (Å²) in [4.78, 5) is 0.